The first kappa shape index (κ1) is 30.5. The topological polar surface area (TPSA) is 146 Å². The van der Waals surface area contributed by atoms with Crippen LogP contribution in [0, 0.1) is 6.92 Å². The number of nitrogens with one attached hydrogen (secondary N) is 1. The lowest BCUT2D eigenvalue weighted by molar-refractivity contribution is -0.137. The Morgan fingerprint density at radius 2 is 1.80 bits per heavy atom. The van der Waals surface area contributed by atoms with E-state index in [2.05, 4.69) is 30.2 Å². The van der Waals surface area contributed by atoms with E-state index in [4.69, 9.17) is 10.5 Å². The Bertz CT molecular complexity index is 2000. The van der Waals surface area contributed by atoms with Crippen LogP contribution in [0.2, 0.25) is 0 Å². The molecule has 3 N–H and O–H groups in total. The summed E-state index contributed by atoms with van der Waals surface area (Å²) in [6.07, 6.45) is 0.0703. The number of nitrogens with two attached hydrogens (primary N) is 1. The first-order valence-corrected chi connectivity index (χ1v) is 14.1. The third kappa shape index (κ3) is 5.56. The maximum Gasteiger partial charge on any atom is 0.418 e. The highest BCUT2D eigenvalue weighted by Gasteiger charge is 2.35. The Morgan fingerprint density at radius 3 is 2.50 bits per heavy atom. The Morgan fingerprint density at radius 1 is 1.04 bits per heavy atom. The molecular weight excluding hydrogens is 603 g/mol. The van der Waals surface area contributed by atoms with Crippen LogP contribution < -0.4 is 21.5 Å². The van der Waals surface area contributed by atoms with Gasteiger partial charge in [0.1, 0.15) is 17.1 Å². The number of carbonyl (C=O) groups excluding carboxylic acids is 1. The monoisotopic (exact) mass is 631 g/mol. The molecule has 1 aliphatic heterocycles. The standard InChI is InChI=1S/C31H28F3N9O3/c1-17-26(30(45)43(41(17)2)24-7-5-4-6-21(24)31(32,33)34)29(44)39-19-8-9-22(37-13-19)27-28(35)38-14-23(40-27)18-10-11-36-25(12-18)42-15-20(16-42)46-3/h4-14,20H,15-16H2,1-3H3,(H2,35,38)(H,39,44). The fourth-order valence-electron chi connectivity index (χ4n) is 5.19. The van der Waals surface area contributed by atoms with Gasteiger partial charge in [-0.1, -0.05) is 12.1 Å². The zero-order chi connectivity index (χ0) is 32.7. The molecule has 1 fully saturated rings. The molecule has 1 aliphatic rings. The number of para-hydroxylation sites is 1. The zero-order valence-corrected chi connectivity index (χ0v) is 24.9. The number of hydrogen-bond donors (Lipinski definition) is 2. The van der Waals surface area contributed by atoms with Crippen molar-refractivity contribution in [3.8, 4) is 28.3 Å². The Hall–Kier alpha value is -5.57. The number of ether oxygens (including phenoxy) is 1. The Balaban J connectivity index is 1.24. The molecule has 0 bridgehead atoms. The molecule has 0 aliphatic carbocycles. The summed E-state index contributed by atoms with van der Waals surface area (Å²) in [7, 11) is 3.09. The molecule has 0 unspecified atom stereocenters. The molecule has 1 saturated heterocycles. The minimum Gasteiger partial charge on any atom is -0.382 e. The minimum absolute atomic E-state index is 0.146. The van der Waals surface area contributed by atoms with Gasteiger partial charge in [-0.15, -0.1) is 0 Å². The molecule has 4 aromatic heterocycles. The number of hydrogen-bond acceptors (Lipinski definition) is 9. The van der Waals surface area contributed by atoms with Crippen molar-refractivity contribution >= 4 is 23.2 Å². The first-order valence-electron chi connectivity index (χ1n) is 14.1. The number of amides is 1. The largest absolute Gasteiger partial charge is 0.418 e. The van der Waals surface area contributed by atoms with Crippen molar-refractivity contribution in [2.45, 2.75) is 19.2 Å². The van der Waals surface area contributed by atoms with Crippen LogP contribution in [0.15, 0.2) is 71.9 Å². The minimum atomic E-state index is -4.71. The number of nitrogen functional groups attached to an aromatic ring is 1. The second-order valence-corrected chi connectivity index (χ2v) is 10.7. The molecule has 5 aromatic rings. The van der Waals surface area contributed by atoms with E-state index in [1.165, 1.54) is 43.0 Å². The summed E-state index contributed by atoms with van der Waals surface area (Å²) < 4.78 is 48.4. The van der Waals surface area contributed by atoms with E-state index in [9.17, 15) is 22.8 Å². The molecule has 236 valence electrons. The number of anilines is 3. The van der Waals surface area contributed by atoms with E-state index in [-0.39, 0.29) is 34.6 Å². The number of carbonyl (C=O) groups is 1. The summed E-state index contributed by atoms with van der Waals surface area (Å²) in [6.45, 7) is 2.96. The van der Waals surface area contributed by atoms with E-state index in [1.807, 2.05) is 12.1 Å². The maximum atomic E-state index is 13.7. The number of halogens is 3. The van der Waals surface area contributed by atoms with Crippen LogP contribution in [-0.2, 0) is 18.0 Å². The van der Waals surface area contributed by atoms with Gasteiger partial charge in [0.15, 0.2) is 5.82 Å². The number of benzene rings is 1. The lowest BCUT2D eigenvalue weighted by Gasteiger charge is -2.39. The second kappa shape index (κ2) is 11.7. The van der Waals surface area contributed by atoms with Crippen molar-refractivity contribution in [3.05, 3.63) is 94.3 Å². The third-order valence-electron chi connectivity index (χ3n) is 7.83. The molecule has 0 saturated carbocycles. The summed E-state index contributed by atoms with van der Waals surface area (Å²) in [5.41, 5.74) is 6.00. The molecule has 6 rings (SSSR count). The lowest BCUT2D eigenvalue weighted by Crippen LogP contribution is -2.52. The lowest BCUT2D eigenvalue weighted by atomic mass is 10.1. The molecule has 5 heterocycles. The summed E-state index contributed by atoms with van der Waals surface area (Å²) in [6, 6.07) is 11.5. The number of methoxy groups -OCH3 is 1. The summed E-state index contributed by atoms with van der Waals surface area (Å²) in [5, 5.41) is 2.60. The molecule has 0 radical (unpaired) electrons. The van der Waals surface area contributed by atoms with Gasteiger partial charge in [0, 0.05) is 39.0 Å². The van der Waals surface area contributed by atoms with E-state index in [1.54, 1.807) is 31.6 Å². The summed E-state index contributed by atoms with van der Waals surface area (Å²) >= 11 is 0. The van der Waals surface area contributed by atoms with Gasteiger partial charge in [-0.2, -0.15) is 13.2 Å². The van der Waals surface area contributed by atoms with Crippen molar-refractivity contribution in [2.24, 2.45) is 7.05 Å². The molecule has 15 heteroatoms. The van der Waals surface area contributed by atoms with Gasteiger partial charge in [-0.3, -0.25) is 19.3 Å². The van der Waals surface area contributed by atoms with Crippen molar-refractivity contribution < 1.29 is 22.7 Å². The van der Waals surface area contributed by atoms with Gasteiger partial charge < -0.3 is 20.7 Å². The number of pyridine rings is 2. The van der Waals surface area contributed by atoms with Crippen LogP contribution in [-0.4, -0.2) is 61.5 Å². The van der Waals surface area contributed by atoms with E-state index in [0.717, 1.165) is 35.2 Å². The van der Waals surface area contributed by atoms with Crippen molar-refractivity contribution in [1.82, 2.24) is 29.3 Å². The summed E-state index contributed by atoms with van der Waals surface area (Å²) in [4.78, 5) is 46.4. The van der Waals surface area contributed by atoms with E-state index < -0.39 is 23.2 Å². The van der Waals surface area contributed by atoms with Gasteiger partial charge in [0.25, 0.3) is 11.5 Å². The van der Waals surface area contributed by atoms with Crippen LogP contribution in [0.3, 0.4) is 0 Å². The van der Waals surface area contributed by atoms with Gasteiger partial charge in [0.2, 0.25) is 0 Å². The molecule has 1 aromatic carbocycles. The third-order valence-corrected chi connectivity index (χ3v) is 7.83. The molecule has 12 nitrogen and oxygen atoms in total. The summed E-state index contributed by atoms with van der Waals surface area (Å²) in [5.74, 6) is 0.131. The molecule has 46 heavy (non-hydrogen) atoms. The maximum absolute atomic E-state index is 13.7. The van der Waals surface area contributed by atoms with Crippen LogP contribution in [0.25, 0.3) is 28.3 Å². The van der Waals surface area contributed by atoms with E-state index in [0.29, 0.717) is 17.1 Å². The van der Waals surface area contributed by atoms with Crippen molar-refractivity contribution in [1.29, 1.82) is 0 Å². The normalized spacial score (nSPS) is 13.5. The average molecular weight is 632 g/mol. The zero-order valence-electron chi connectivity index (χ0n) is 24.9. The Labute approximate surface area is 260 Å². The van der Waals surface area contributed by atoms with E-state index >= 15 is 0 Å². The van der Waals surface area contributed by atoms with Gasteiger partial charge in [-0.05, 0) is 43.3 Å². The molecule has 1 amide bonds. The number of rotatable bonds is 7. The van der Waals surface area contributed by atoms with Gasteiger partial charge in [0.05, 0.1) is 52.5 Å². The Kier molecular flexibility index (Phi) is 7.77. The smallest absolute Gasteiger partial charge is 0.382 e. The second-order valence-electron chi connectivity index (χ2n) is 10.7. The fourth-order valence-corrected chi connectivity index (χ4v) is 5.19. The highest BCUT2D eigenvalue weighted by atomic mass is 19.4. The quantitative estimate of drug-likeness (QED) is 0.271. The molecule has 0 spiro atoms. The average Bonchev–Trinajstić information content (AvgIpc) is 3.24. The van der Waals surface area contributed by atoms with Crippen molar-refractivity contribution in [3.63, 3.8) is 0 Å². The first-order chi connectivity index (χ1) is 22.0. The predicted octanol–water partition coefficient (Wildman–Crippen LogP) is 4.09. The molecular formula is C31H28F3N9O3. The van der Waals surface area contributed by atoms with Gasteiger partial charge >= 0.3 is 6.18 Å². The highest BCUT2D eigenvalue weighted by Crippen LogP contribution is 2.34. The number of nitrogens with zero attached hydrogens (tertiary/aromatic N) is 7. The van der Waals surface area contributed by atoms with Crippen molar-refractivity contribution in [2.75, 3.05) is 36.1 Å². The fraction of sp³-hybridized carbons (Fsp3) is 0.226. The SMILES string of the molecule is COC1CN(c2cc(-c3cnc(N)c(-c4ccc(NC(=O)c5c(C)n(C)n(-c6ccccc6C(F)(F)F)c5=O)cn4)n3)ccn2)C1. The van der Waals surface area contributed by atoms with Crippen LogP contribution >= 0.6 is 0 Å². The number of alkyl halides is 3. The van der Waals surface area contributed by atoms with Crippen LogP contribution in [0.4, 0.5) is 30.5 Å². The van der Waals surface area contributed by atoms with Gasteiger partial charge in [-0.25, -0.2) is 19.6 Å². The number of aromatic nitrogens is 6. The highest BCUT2D eigenvalue weighted by molar-refractivity contribution is 6.05. The van der Waals surface area contributed by atoms with Crippen LogP contribution in [0.1, 0.15) is 21.6 Å². The van der Waals surface area contributed by atoms with Crippen LogP contribution in [0.5, 0.6) is 0 Å². The molecule has 0 atom stereocenters. The predicted molar refractivity (Wildman–Crippen MR) is 165 cm³/mol.